The Morgan fingerprint density at radius 1 is 1.25 bits per heavy atom. The highest BCUT2D eigenvalue weighted by Crippen LogP contribution is 2.10. The lowest BCUT2D eigenvalue weighted by Gasteiger charge is -2.13. The van der Waals surface area contributed by atoms with Crippen molar-refractivity contribution in [3.63, 3.8) is 0 Å². The van der Waals surface area contributed by atoms with Gasteiger partial charge in [-0.2, -0.15) is 4.98 Å². The van der Waals surface area contributed by atoms with E-state index in [4.69, 9.17) is 4.52 Å². The number of guanidine groups is 1. The molecule has 0 saturated carbocycles. The predicted molar refractivity (Wildman–Crippen MR) is 96.2 cm³/mol. The van der Waals surface area contributed by atoms with Crippen molar-refractivity contribution in [2.45, 2.75) is 46.6 Å². The lowest BCUT2D eigenvalue weighted by molar-refractivity contribution is 0.371. The summed E-state index contributed by atoms with van der Waals surface area (Å²) in [6, 6.07) is 6.47. The highest BCUT2D eigenvalue weighted by Gasteiger charge is 2.09. The molecule has 0 bridgehead atoms. The first-order valence-corrected chi connectivity index (χ1v) is 8.32. The van der Waals surface area contributed by atoms with E-state index < -0.39 is 0 Å². The van der Waals surface area contributed by atoms with Crippen molar-refractivity contribution < 1.29 is 4.52 Å². The summed E-state index contributed by atoms with van der Waals surface area (Å²) < 4.78 is 5.24. The maximum Gasteiger partial charge on any atom is 0.228 e. The standard InChI is InChI=1S/C18H27N5O/c1-12(2)17-22-16(24-23-17)8-9-20-18(19-5)21-11-15-7-6-13(3)10-14(15)4/h6-7,10,12H,8-9,11H2,1-5H3,(H2,19,20,21). The first kappa shape index (κ1) is 18.0. The van der Waals surface area contributed by atoms with Crippen molar-refractivity contribution in [2.75, 3.05) is 13.6 Å². The van der Waals surface area contributed by atoms with Crippen LogP contribution in [0.15, 0.2) is 27.7 Å². The van der Waals surface area contributed by atoms with Gasteiger partial charge in [0.05, 0.1) is 0 Å². The van der Waals surface area contributed by atoms with E-state index in [0.717, 1.165) is 18.3 Å². The molecule has 0 radical (unpaired) electrons. The molecule has 1 aromatic carbocycles. The third kappa shape index (κ3) is 5.08. The largest absolute Gasteiger partial charge is 0.356 e. The number of nitrogens with one attached hydrogen (secondary N) is 2. The molecule has 2 N–H and O–H groups in total. The van der Waals surface area contributed by atoms with Crippen molar-refractivity contribution in [3.8, 4) is 0 Å². The minimum Gasteiger partial charge on any atom is -0.356 e. The second-order valence-electron chi connectivity index (χ2n) is 6.23. The van der Waals surface area contributed by atoms with Crippen LogP contribution in [0.3, 0.4) is 0 Å². The Bertz CT molecular complexity index is 690. The molecule has 0 atom stereocenters. The van der Waals surface area contributed by atoms with Crippen molar-refractivity contribution >= 4 is 5.96 Å². The van der Waals surface area contributed by atoms with Crippen LogP contribution in [0.1, 0.15) is 48.2 Å². The number of hydrogen-bond donors (Lipinski definition) is 2. The van der Waals surface area contributed by atoms with E-state index in [1.165, 1.54) is 16.7 Å². The molecule has 24 heavy (non-hydrogen) atoms. The Balaban J connectivity index is 1.79. The van der Waals surface area contributed by atoms with E-state index in [-0.39, 0.29) is 5.92 Å². The van der Waals surface area contributed by atoms with E-state index in [2.05, 4.69) is 57.8 Å². The Labute approximate surface area is 143 Å². The molecule has 130 valence electrons. The van der Waals surface area contributed by atoms with Gasteiger partial charge in [-0.1, -0.05) is 42.8 Å². The molecule has 0 aliphatic carbocycles. The lowest BCUT2D eigenvalue weighted by atomic mass is 10.1. The average Bonchev–Trinajstić information content (AvgIpc) is 3.01. The van der Waals surface area contributed by atoms with Crippen LogP contribution in [0, 0.1) is 13.8 Å². The fraction of sp³-hybridized carbons (Fsp3) is 0.500. The number of rotatable bonds is 6. The molecule has 6 nitrogen and oxygen atoms in total. The fourth-order valence-electron chi connectivity index (χ4n) is 2.34. The maximum atomic E-state index is 5.24. The zero-order chi connectivity index (χ0) is 17.5. The van der Waals surface area contributed by atoms with Crippen LogP contribution in [-0.4, -0.2) is 29.7 Å². The van der Waals surface area contributed by atoms with E-state index in [0.29, 0.717) is 18.9 Å². The molecule has 1 aromatic heterocycles. The fourth-order valence-corrected chi connectivity index (χ4v) is 2.34. The van der Waals surface area contributed by atoms with Crippen molar-refractivity contribution in [3.05, 3.63) is 46.6 Å². The molecular weight excluding hydrogens is 302 g/mol. The topological polar surface area (TPSA) is 75.3 Å². The third-order valence-electron chi connectivity index (χ3n) is 3.80. The van der Waals surface area contributed by atoms with Gasteiger partial charge >= 0.3 is 0 Å². The quantitative estimate of drug-likeness (QED) is 0.629. The monoisotopic (exact) mass is 329 g/mol. The Hall–Kier alpha value is -2.37. The summed E-state index contributed by atoms with van der Waals surface area (Å²) in [7, 11) is 1.76. The number of benzene rings is 1. The molecule has 1 heterocycles. The van der Waals surface area contributed by atoms with Gasteiger partial charge in [-0.25, -0.2) is 0 Å². The summed E-state index contributed by atoms with van der Waals surface area (Å²) in [5, 5.41) is 10.6. The molecule has 0 fully saturated rings. The molecule has 0 unspecified atom stereocenters. The highest BCUT2D eigenvalue weighted by molar-refractivity contribution is 5.79. The first-order chi connectivity index (χ1) is 11.5. The van der Waals surface area contributed by atoms with Gasteiger partial charge in [0.15, 0.2) is 11.8 Å². The van der Waals surface area contributed by atoms with Gasteiger partial charge in [0, 0.05) is 32.5 Å². The van der Waals surface area contributed by atoms with Gasteiger partial charge in [0.1, 0.15) is 0 Å². The van der Waals surface area contributed by atoms with Crippen molar-refractivity contribution in [2.24, 2.45) is 4.99 Å². The predicted octanol–water partition coefficient (Wildman–Crippen LogP) is 2.72. The second kappa shape index (κ2) is 8.47. The van der Waals surface area contributed by atoms with Gasteiger partial charge in [0.25, 0.3) is 0 Å². The first-order valence-electron chi connectivity index (χ1n) is 8.32. The van der Waals surface area contributed by atoms with Crippen LogP contribution in [0.4, 0.5) is 0 Å². The lowest BCUT2D eigenvalue weighted by Crippen LogP contribution is -2.38. The van der Waals surface area contributed by atoms with Crippen LogP contribution in [0.5, 0.6) is 0 Å². The van der Waals surface area contributed by atoms with Crippen LogP contribution >= 0.6 is 0 Å². The summed E-state index contributed by atoms with van der Waals surface area (Å²) in [5.41, 5.74) is 3.83. The van der Waals surface area contributed by atoms with Crippen molar-refractivity contribution in [1.29, 1.82) is 0 Å². The van der Waals surface area contributed by atoms with Crippen LogP contribution in [0.2, 0.25) is 0 Å². The summed E-state index contributed by atoms with van der Waals surface area (Å²) in [6.45, 7) is 9.75. The second-order valence-corrected chi connectivity index (χ2v) is 6.23. The molecule has 0 amide bonds. The zero-order valence-electron chi connectivity index (χ0n) is 15.2. The van der Waals surface area contributed by atoms with Gasteiger partial charge in [-0.05, 0) is 25.0 Å². The summed E-state index contributed by atoms with van der Waals surface area (Å²) in [6.07, 6.45) is 0.671. The van der Waals surface area contributed by atoms with Crippen molar-refractivity contribution in [1.82, 2.24) is 20.8 Å². The van der Waals surface area contributed by atoms with Gasteiger partial charge < -0.3 is 15.2 Å². The van der Waals surface area contributed by atoms with E-state index in [9.17, 15) is 0 Å². The van der Waals surface area contributed by atoms with E-state index in [1.807, 2.05) is 13.8 Å². The van der Waals surface area contributed by atoms with Gasteiger partial charge in [-0.15, -0.1) is 0 Å². The van der Waals surface area contributed by atoms with Crippen LogP contribution in [0.25, 0.3) is 0 Å². The number of aryl methyl sites for hydroxylation is 2. The molecule has 6 heteroatoms. The van der Waals surface area contributed by atoms with E-state index in [1.54, 1.807) is 7.05 Å². The molecule has 0 spiro atoms. The van der Waals surface area contributed by atoms with Gasteiger partial charge in [0.2, 0.25) is 5.89 Å². The van der Waals surface area contributed by atoms with Crippen LogP contribution in [-0.2, 0) is 13.0 Å². The Morgan fingerprint density at radius 2 is 2.04 bits per heavy atom. The summed E-state index contributed by atoms with van der Waals surface area (Å²) in [4.78, 5) is 8.61. The SMILES string of the molecule is CN=C(NCCc1nc(C(C)C)no1)NCc1ccc(C)cc1C. The molecule has 2 rings (SSSR count). The minimum atomic E-state index is 0.280. The molecule has 0 aliphatic rings. The molecular formula is C18H27N5O. The van der Waals surface area contributed by atoms with Crippen LogP contribution < -0.4 is 10.6 Å². The third-order valence-corrected chi connectivity index (χ3v) is 3.80. The van der Waals surface area contributed by atoms with Gasteiger partial charge in [-0.3, -0.25) is 4.99 Å². The minimum absolute atomic E-state index is 0.280. The molecule has 0 aliphatic heterocycles. The zero-order valence-corrected chi connectivity index (χ0v) is 15.2. The summed E-state index contributed by atoms with van der Waals surface area (Å²) in [5.74, 6) is 2.44. The number of aliphatic imine (C=N–C) groups is 1. The smallest absolute Gasteiger partial charge is 0.228 e. The Kier molecular flexibility index (Phi) is 6.35. The number of aromatic nitrogens is 2. The Morgan fingerprint density at radius 3 is 2.67 bits per heavy atom. The maximum absolute atomic E-state index is 5.24. The molecule has 0 saturated heterocycles. The molecule has 2 aromatic rings. The average molecular weight is 329 g/mol. The summed E-state index contributed by atoms with van der Waals surface area (Å²) >= 11 is 0. The normalized spacial score (nSPS) is 11.8. The highest BCUT2D eigenvalue weighted by atomic mass is 16.5. The number of hydrogen-bond acceptors (Lipinski definition) is 4. The number of nitrogens with zero attached hydrogens (tertiary/aromatic N) is 3. The van der Waals surface area contributed by atoms with E-state index >= 15 is 0 Å².